The van der Waals surface area contributed by atoms with Crippen molar-refractivity contribution in [1.82, 2.24) is 30.4 Å². The van der Waals surface area contributed by atoms with Crippen LogP contribution in [0.3, 0.4) is 0 Å². The van der Waals surface area contributed by atoms with Gasteiger partial charge in [-0.1, -0.05) is 6.42 Å². The summed E-state index contributed by atoms with van der Waals surface area (Å²) in [7, 11) is 0. The highest BCUT2D eigenvalue weighted by molar-refractivity contribution is 5.94. The molecule has 1 aliphatic rings. The first kappa shape index (κ1) is 19.8. The largest absolute Gasteiger partial charge is 0.356 e. The molecule has 9 heteroatoms. The van der Waals surface area contributed by atoms with Crippen molar-refractivity contribution in [3.05, 3.63) is 46.9 Å². The molecule has 150 valence electrons. The maximum atomic E-state index is 12.3. The second-order valence-electron chi connectivity index (χ2n) is 7.21. The molecule has 0 radical (unpaired) electrons. The smallest absolute Gasteiger partial charge is 0.252 e. The molecule has 0 bridgehead atoms. The molecule has 2 aromatic heterocycles. The standard InChI is InChI=1S/C19H26N6O3/c26-17(5-2-8-25-13-20-12-23-25)21-10-14-3-1-4-16(9-14)24-19(28)15-6-7-18(27)22-11-15/h6-7,11-14,16H,1-5,8-10H2,(H,21,26)(H,22,27)(H,24,28)/t14-,16+/m1/s1. The third kappa shape index (κ3) is 6.04. The SMILES string of the molecule is O=C(CCCn1cncn1)NC[C@@H]1CCC[C@H](NC(=O)c2ccc(=O)[nH]c2)C1. The Morgan fingerprint density at radius 2 is 2.18 bits per heavy atom. The summed E-state index contributed by atoms with van der Waals surface area (Å²) < 4.78 is 1.71. The Labute approximate surface area is 162 Å². The van der Waals surface area contributed by atoms with E-state index in [-0.39, 0.29) is 23.4 Å². The van der Waals surface area contributed by atoms with Gasteiger partial charge in [0.2, 0.25) is 11.5 Å². The van der Waals surface area contributed by atoms with Gasteiger partial charge < -0.3 is 15.6 Å². The van der Waals surface area contributed by atoms with E-state index in [0.29, 0.717) is 31.0 Å². The van der Waals surface area contributed by atoms with Crippen molar-refractivity contribution in [2.75, 3.05) is 6.54 Å². The van der Waals surface area contributed by atoms with Gasteiger partial charge in [-0.15, -0.1) is 0 Å². The minimum atomic E-state index is -0.230. The maximum absolute atomic E-state index is 12.3. The van der Waals surface area contributed by atoms with E-state index >= 15 is 0 Å². The van der Waals surface area contributed by atoms with Crippen molar-refractivity contribution in [3.63, 3.8) is 0 Å². The lowest BCUT2D eigenvalue weighted by Gasteiger charge is -2.30. The number of amides is 2. The Kier molecular flexibility index (Phi) is 6.94. The van der Waals surface area contributed by atoms with Gasteiger partial charge in [0.05, 0.1) is 5.56 Å². The Hall–Kier alpha value is -2.97. The molecule has 2 heterocycles. The van der Waals surface area contributed by atoms with Gasteiger partial charge in [-0.3, -0.25) is 19.1 Å². The van der Waals surface area contributed by atoms with Crippen molar-refractivity contribution >= 4 is 11.8 Å². The van der Waals surface area contributed by atoms with E-state index < -0.39 is 0 Å². The van der Waals surface area contributed by atoms with Crippen LogP contribution in [-0.2, 0) is 11.3 Å². The van der Waals surface area contributed by atoms with Crippen LogP contribution < -0.4 is 16.2 Å². The lowest BCUT2D eigenvalue weighted by molar-refractivity contribution is -0.121. The van der Waals surface area contributed by atoms with E-state index in [9.17, 15) is 14.4 Å². The number of nitrogens with zero attached hydrogens (tertiary/aromatic N) is 3. The molecule has 1 aliphatic carbocycles. The minimum absolute atomic E-state index is 0.0412. The number of hydrogen-bond donors (Lipinski definition) is 3. The highest BCUT2D eigenvalue weighted by atomic mass is 16.2. The first-order valence-electron chi connectivity index (χ1n) is 9.69. The Morgan fingerprint density at radius 1 is 1.29 bits per heavy atom. The highest BCUT2D eigenvalue weighted by Gasteiger charge is 2.24. The number of carbonyl (C=O) groups is 2. The van der Waals surface area contributed by atoms with E-state index in [4.69, 9.17) is 0 Å². The van der Waals surface area contributed by atoms with Gasteiger partial charge in [0, 0.05) is 37.8 Å². The lowest BCUT2D eigenvalue weighted by atomic mass is 9.85. The fourth-order valence-electron chi connectivity index (χ4n) is 3.52. The molecule has 3 N–H and O–H groups in total. The van der Waals surface area contributed by atoms with Crippen LogP contribution in [0.25, 0.3) is 0 Å². The molecule has 0 unspecified atom stereocenters. The molecule has 1 fully saturated rings. The van der Waals surface area contributed by atoms with Crippen LogP contribution in [-0.4, -0.2) is 44.1 Å². The fourth-order valence-corrected chi connectivity index (χ4v) is 3.52. The second-order valence-corrected chi connectivity index (χ2v) is 7.21. The molecule has 2 aromatic rings. The minimum Gasteiger partial charge on any atom is -0.356 e. The molecule has 2 amide bonds. The predicted molar refractivity (Wildman–Crippen MR) is 103 cm³/mol. The van der Waals surface area contributed by atoms with Crippen LogP contribution >= 0.6 is 0 Å². The summed E-state index contributed by atoms with van der Waals surface area (Å²) in [6.07, 6.45) is 9.56. The second kappa shape index (κ2) is 9.82. The summed E-state index contributed by atoms with van der Waals surface area (Å²) in [4.78, 5) is 41.8. The van der Waals surface area contributed by atoms with Crippen LogP contribution in [0.5, 0.6) is 0 Å². The first-order valence-corrected chi connectivity index (χ1v) is 9.69. The van der Waals surface area contributed by atoms with E-state index in [1.54, 1.807) is 11.0 Å². The molecule has 2 atom stereocenters. The van der Waals surface area contributed by atoms with Crippen molar-refractivity contribution in [1.29, 1.82) is 0 Å². The fraction of sp³-hybridized carbons (Fsp3) is 0.526. The molecule has 0 aliphatic heterocycles. The lowest BCUT2D eigenvalue weighted by Crippen LogP contribution is -2.41. The van der Waals surface area contributed by atoms with Gasteiger partial charge in [-0.05, 0) is 37.7 Å². The van der Waals surface area contributed by atoms with Crippen molar-refractivity contribution < 1.29 is 9.59 Å². The zero-order valence-electron chi connectivity index (χ0n) is 15.8. The summed E-state index contributed by atoms with van der Waals surface area (Å²) in [5.74, 6) is 0.215. The van der Waals surface area contributed by atoms with Gasteiger partial charge >= 0.3 is 0 Å². The number of rotatable bonds is 8. The third-order valence-corrected chi connectivity index (χ3v) is 5.01. The number of aromatic amines is 1. The quantitative estimate of drug-likeness (QED) is 0.621. The van der Waals surface area contributed by atoms with Crippen molar-refractivity contribution in [2.45, 2.75) is 51.1 Å². The van der Waals surface area contributed by atoms with Crippen LogP contribution in [0.2, 0.25) is 0 Å². The number of nitrogens with one attached hydrogen (secondary N) is 3. The number of aromatic nitrogens is 4. The normalized spacial score (nSPS) is 19.1. The monoisotopic (exact) mass is 386 g/mol. The van der Waals surface area contributed by atoms with Crippen LogP contribution in [0.4, 0.5) is 0 Å². The zero-order valence-corrected chi connectivity index (χ0v) is 15.8. The average molecular weight is 386 g/mol. The summed E-state index contributed by atoms with van der Waals surface area (Å²) in [5.41, 5.74) is 0.216. The average Bonchev–Trinajstić information content (AvgIpc) is 3.21. The summed E-state index contributed by atoms with van der Waals surface area (Å²) in [6.45, 7) is 1.31. The van der Waals surface area contributed by atoms with E-state index in [1.807, 2.05) is 0 Å². The molecule has 3 rings (SSSR count). The van der Waals surface area contributed by atoms with E-state index in [0.717, 1.165) is 32.1 Å². The van der Waals surface area contributed by atoms with Crippen molar-refractivity contribution in [3.8, 4) is 0 Å². The maximum Gasteiger partial charge on any atom is 0.252 e. The molecular formula is C19H26N6O3. The Bertz CT molecular complexity index is 812. The Balaban J connectivity index is 1.37. The zero-order chi connectivity index (χ0) is 19.8. The summed E-state index contributed by atoms with van der Waals surface area (Å²) in [5, 5.41) is 10.1. The summed E-state index contributed by atoms with van der Waals surface area (Å²) >= 11 is 0. The predicted octanol–water partition coefficient (Wildman–Crippen LogP) is 0.852. The number of hydrogen-bond acceptors (Lipinski definition) is 5. The number of H-pyrrole nitrogens is 1. The van der Waals surface area contributed by atoms with E-state index in [1.165, 1.54) is 24.7 Å². The molecule has 0 aromatic carbocycles. The molecule has 1 saturated carbocycles. The molecule has 0 spiro atoms. The first-order chi connectivity index (χ1) is 13.6. The summed E-state index contributed by atoms with van der Waals surface area (Å²) in [6, 6.07) is 2.95. The van der Waals surface area contributed by atoms with E-state index in [2.05, 4.69) is 25.7 Å². The van der Waals surface area contributed by atoms with Gasteiger partial charge in [0.1, 0.15) is 12.7 Å². The van der Waals surface area contributed by atoms with Gasteiger partial charge in [0.25, 0.3) is 5.91 Å². The number of aryl methyl sites for hydroxylation is 1. The van der Waals surface area contributed by atoms with Gasteiger partial charge in [0.15, 0.2) is 0 Å². The number of carbonyl (C=O) groups excluding carboxylic acids is 2. The van der Waals surface area contributed by atoms with Crippen LogP contribution in [0.1, 0.15) is 48.9 Å². The molecular weight excluding hydrogens is 360 g/mol. The number of pyridine rings is 1. The molecule has 0 saturated heterocycles. The molecule has 28 heavy (non-hydrogen) atoms. The highest BCUT2D eigenvalue weighted by Crippen LogP contribution is 2.24. The van der Waals surface area contributed by atoms with Gasteiger partial charge in [-0.25, -0.2) is 4.98 Å². The van der Waals surface area contributed by atoms with Crippen LogP contribution in [0, 0.1) is 5.92 Å². The van der Waals surface area contributed by atoms with Gasteiger partial charge in [-0.2, -0.15) is 5.10 Å². The molecule has 9 nitrogen and oxygen atoms in total. The topological polar surface area (TPSA) is 122 Å². The third-order valence-electron chi connectivity index (χ3n) is 5.01. The Morgan fingerprint density at radius 3 is 2.93 bits per heavy atom. The van der Waals surface area contributed by atoms with Crippen LogP contribution in [0.15, 0.2) is 35.8 Å². The van der Waals surface area contributed by atoms with Crippen molar-refractivity contribution in [2.24, 2.45) is 5.92 Å².